The molecule has 1 saturated heterocycles. The SMILES string of the molecule is C=C(C)CS(=O)(=O)C1O[C@H](CC)[C@@H](C)[C@H](OC(=O)c2ccccc2)[C@H]1OC(=O)c1ccccc1. The highest BCUT2D eigenvalue weighted by Gasteiger charge is 2.52. The van der Waals surface area contributed by atoms with Gasteiger partial charge >= 0.3 is 11.9 Å². The summed E-state index contributed by atoms with van der Waals surface area (Å²) in [5.74, 6) is -2.14. The van der Waals surface area contributed by atoms with E-state index in [4.69, 9.17) is 14.2 Å². The number of sulfone groups is 1. The van der Waals surface area contributed by atoms with Crippen LogP contribution in [-0.4, -0.2) is 49.9 Å². The highest BCUT2D eigenvalue weighted by Crippen LogP contribution is 2.35. The molecule has 2 aromatic carbocycles. The van der Waals surface area contributed by atoms with Crippen LogP contribution in [0.1, 0.15) is 47.9 Å². The summed E-state index contributed by atoms with van der Waals surface area (Å²) in [6, 6.07) is 16.6. The van der Waals surface area contributed by atoms with Crippen LogP contribution < -0.4 is 0 Å². The molecule has 1 aliphatic heterocycles. The molecular weight excluding hydrogens is 456 g/mol. The van der Waals surface area contributed by atoms with Gasteiger partial charge in [-0.2, -0.15) is 0 Å². The Labute approximate surface area is 200 Å². The molecule has 34 heavy (non-hydrogen) atoms. The highest BCUT2D eigenvalue weighted by molar-refractivity contribution is 7.92. The molecule has 0 bridgehead atoms. The third kappa shape index (κ3) is 5.93. The first kappa shape index (κ1) is 25.6. The van der Waals surface area contributed by atoms with Crippen LogP contribution in [0.15, 0.2) is 72.8 Å². The van der Waals surface area contributed by atoms with Crippen LogP contribution in [0.3, 0.4) is 0 Å². The standard InChI is InChI=1S/C26H30O7S/c1-5-21-18(4)22(32-24(27)19-12-8-6-9-13-19)23(26(31-21)34(29,30)16-17(2)3)33-25(28)20-14-10-7-11-15-20/h6-15,18,21-23,26H,2,5,16H2,1,3-4H3/t18-,21-,22+,23-,26?/m1/s1. The average Bonchev–Trinajstić information content (AvgIpc) is 2.81. The van der Waals surface area contributed by atoms with Crippen LogP contribution in [0, 0.1) is 5.92 Å². The molecule has 1 heterocycles. The summed E-state index contributed by atoms with van der Waals surface area (Å²) >= 11 is 0. The van der Waals surface area contributed by atoms with Crippen molar-refractivity contribution in [2.75, 3.05) is 5.75 Å². The molecule has 0 saturated carbocycles. The number of hydrogen-bond donors (Lipinski definition) is 0. The number of carbonyl (C=O) groups excluding carboxylic acids is 2. The summed E-state index contributed by atoms with van der Waals surface area (Å²) < 4.78 is 44.1. The van der Waals surface area contributed by atoms with E-state index < -0.39 is 51.4 Å². The normalized spacial score (nSPS) is 24.7. The van der Waals surface area contributed by atoms with Crippen molar-refractivity contribution in [1.29, 1.82) is 0 Å². The van der Waals surface area contributed by atoms with Crippen LogP contribution in [0.4, 0.5) is 0 Å². The fourth-order valence-electron chi connectivity index (χ4n) is 4.05. The van der Waals surface area contributed by atoms with Crippen LogP contribution in [0.25, 0.3) is 0 Å². The lowest BCUT2D eigenvalue weighted by Crippen LogP contribution is -2.59. The maximum Gasteiger partial charge on any atom is 0.338 e. The van der Waals surface area contributed by atoms with Crippen molar-refractivity contribution >= 4 is 21.8 Å². The van der Waals surface area contributed by atoms with E-state index >= 15 is 0 Å². The Hall–Kier alpha value is -2.97. The lowest BCUT2D eigenvalue weighted by molar-refractivity contribution is -0.173. The molecular formula is C26H30O7S. The largest absolute Gasteiger partial charge is 0.454 e. The molecule has 182 valence electrons. The van der Waals surface area contributed by atoms with E-state index in [1.54, 1.807) is 74.5 Å². The molecule has 0 N–H and O–H groups in total. The van der Waals surface area contributed by atoms with Crippen LogP contribution in [0.5, 0.6) is 0 Å². The Morgan fingerprint density at radius 1 is 0.912 bits per heavy atom. The van der Waals surface area contributed by atoms with E-state index in [0.29, 0.717) is 17.6 Å². The molecule has 7 nitrogen and oxygen atoms in total. The Kier molecular flexibility index (Phi) is 8.28. The van der Waals surface area contributed by atoms with E-state index in [1.807, 2.05) is 6.92 Å². The third-order valence-corrected chi connectivity index (χ3v) is 7.70. The van der Waals surface area contributed by atoms with Crippen molar-refractivity contribution in [2.24, 2.45) is 5.92 Å². The molecule has 5 atom stereocenters. The number of ether oxygens (including phenoxy) is 3. The van der Waals surface area contributed by atoms with Gasteiger partial charge in [-0.1, -0.05) is 62.4 Å². The van der Waals surface area contributed by atoms with Gasteiger partial charge in [0.2, 0.25) is 0 Å². The van der Waals surface area contributed by atoms with Crippen LogP contribution >= 0.6 is 0 Å². The zero-order valence-electron chi connectivity index (χ0n) is 19.5. The van der Waals surface area contributed by atoms with Gasteiger partial charge in [0.25, 0.3) is 0 Å². The Bertz CT molecular complexity index is 1110. The minimum Gasteiger partial charge on any atom is -0.454 e. The van der Waals surface area contributed by atoms with E-state index in [-0.39, 0.29) is 11.3 Å². The van der Waals surface area contributed by atoms with Crippen molar-refractivity contribution in [2.45, 2.75) is 50.9 Å². The second kappa shape index (κ2) is 11.0. The number of carbonyl (C=O) groups is 2. The van der Waals surface area contributed by atoms with Crippen LogP contribution in [0.2, 0.25) is 0 Å². The summed E-state index contributed by atoms with van der Waals surface area (Å²) in [6.07, 6.45) is -2.43. The smallest absolute Gasteiger partial charge is 0.338 e. The second-order valence-electron chi connectivity index (χ2n) is 8.55. The molecule has 8 heteroatoms. The van der Waals surface area contributed by atoms with Gasteiger partial charge in [-0.05, 0) is 37.6 Å². The van der Waals surface area contributed by atoms with Gasteiger partial charge < -0.3 is 14.2 Å². The minimum absolute atomic E-state index is 0.247. The quantitative estimate of drug-likeness (QED) is 0.408. The Morgan fingerprint density at radius 3 is 1.82 bits per heavy atom. The van der Waals surface area contributed by atoms with Crippen molar-refractivity contribution < 1.29 is 32.2 Å². The molecule has 1 aliphatic rings. The lowest BCUT2D eigenvalue weighted by Gasteiger charge is -2.44. The molecule has 1 fully saturated rings. The van der Waals surface area contributed by atoms with Gasteiger partial charge in [0, 0.05) is 5.92 Å². The van der Waals surface area contributed by atoms with Gasteiger partial charge in [0.05, 0.1) is 23.0 Å². The van der Waals surface area contributed by atoms with Crippen molar-refractivity contribution in [3.8, 4) is 0 Å². The number of hydrogen-bond acceptors (Lipinski definition) is 7. The Balaban J connectivity index is 2.01. The van der Waals surface area contributed by atoms with Gasteiger partial charge in [-0.3, -0.25) is 0 Å². The van der Waals surface area contributed by atoms with Crippen molar-refractivity contribution in [3.63, 3.8) is 0 Å². The summed E-state index contributed by atoms with van der Waals surface area (Å²) in [4.78, 5) is 25.9. The zero-order valence-corrected chi connectivity index (χ0v) is 20.4. The van der Waals surface area contributed by atoms with Gasteiger partial charge in [0.15, 0.2) is 21.4 Å². The summed E-state index contributed by atoms with van der Waals surface area (Å²) in [6.45, 7) is 8.95. The predicted molar refractivity (Wildman–Crippen MR) is 128 cm³/mol. The molecule has 2 aromatic rings. The first-order valence-corrected chi connectivity index (χ1v) is 12.9. The summed E-state index contributed by atoms with van der Waals surface area (Å²) in [7, 11) is -3.95. The highest BCUT2D eigenvalue weighted by atomic mass is 32.2. The Morgan fingerprint density at radius 2 is 1.38 bits per heavy atom. The minimum atomic E-state index is -3.95. The van der Waals surface area contributed by atoms with E-state index in [0.717, 1.165) is 0 Å². The third-order valence-electron chi connectivity index (χ3n) is 5.71. The molecule has 0 aromatic heterocycles. The van der Waals surface area contributed by atoms with Gasteiger partial charge in [-0.25, -0.2) is 18.0 Å². The topological polar surface area (TPSA) is 96.0 Å². The molecule has 0 amide bonds. The monoisotopic (exact) mass is 486 g/mol. The molecule has 1 unspecified atom stereocenters. The predicted octanol–water partition coefficient (Wildman–Crippen LogP) is 4.20. The fraction of sp³-hybridized carbons (Fsp3) is 0.385. The molecule has 0 aliphatic carbocycles. The van der Waals surface area contributed by atoms with E-state index in [9.17, 15) is 18.0 Å². The second-order valence-corrected chi connectivity index (χ2v) is 10.6. The number of esters is 2. The molecule has 3 rings (SSSR count). The first-order chi connectivity index (χ1) is 16.1. The number of benzene rings is 2. The number of rotatable bonds is 8. The van der Waals surface area contributed by atoms with E-state index in [2.05, 4.69) is 6.58 Å². The lowest BCUT2D eigenvalue weighted by atomic mass is 9.89. The van der Waals surface area contributed by atoms with Crippen LogP contribution in [-0.2, 0) is 24.0 Å². The van der Waals surface area contributed by atoms with Gasteiger partial charge in [-0.15, -0.1) is 0 Å². The summed E-state index contributed by atoms with van der Waals surface area (Å²) in [5, 5.41) is 0. The zero-order chi connectivity index (χ0) is 24.9. The van der Waals surface area contributed by atoms with Gasteiger partial charge in [0.1, 0.15) is 6.10 Å². The molecule has 0 spiro atoms. The average molecular weight is 487 g/mol. The molecule has 0 radical (unpaired) electrons. The van der Waals surface area contributed by atoms with Crippen molar-refractivity contribution in [1.82, 2.24) is 0 Å². The fourth-order valence-corrected chi connectivity index (χ4v) is 5.83. The maximum atomic E-state index is 13.3. The first-order valence-electron chi connectivity index (χ1n) is 11.2. The summed E-state index contributed by atoms with van der Waals surface area (Å²) in [5.41, 5.74) is -0.534. The maximum absolute atomic E-state index is 13.3. The van der Waals surface area contributed by atoms with Crippen molar-refractivity contribution in [3.05, 3.63) is 83.9 Å². The van der Waals surface area contributed by atoms with E-state index in [1.165, 1.54) is 0 Å².